The number of primary amides is 1. The lowest BCUT2D eigenvalue weighted by Gasteiger charge is -2.26. The fraction of sp³-hybridized carbons (Fsp3) is 0.294. The fourth-order valence-electron chi connectivity index (χ4n) is 3.44. The first-order valence-corrected chi connectivity index (χ1v) is 8.18. The predicted molar refractivity (Wildman–Crippen MR) is 92.5 cm³/mol. The monoisotopic (exact) mass is 356 g/mol. The standard InChI is InChI=1S/C17H17FN6O2/c1-26-17-11(6-10(18)8-21-17)13-3-2-4-24(13)16-12-5-9(14(19)25)7-20-15(12)22-23-16/h5-8,13H,2-4H2,1H3,(H2,19,25)(H,20,22,23). The third kappa shape index (κ3) is 2.61. The Morgan fingerprint density at radius 2 is 2.23 bits per heavy atom. The molecular formula is C17H17FN6O2. The predicted octanol–water partition coefficient (Wildman–Crippen LogP) is 1.94. The Balaban J connectivity index is 1.80. The number of nitrogens with one attached hydrogen (secondary N) is 1. The summed E-state index contributed by atoms with van der Waals surface area (Å²) in [4.78, 5) is 21.8. The summed E-state index contributed by atoms with van der Waals surface area (Å²) in [5.41, 5.74) is 6.89. The normalized spacial score (nSPS) is 17.0. The highest BCUT2D eigenvalue weighted by Gasteiger charge is 2.32. The molecular weight excluding hydrogens is 339 g/mol. The SMILES string of the molecule is COc1ncc(F)cc1C1CCCN1c1n[nH]c2ncc(C(N)=O)cc12. The number of carbonyl (C=O) groups excluding carboxylic acids is 1. The number of pyridine rings is 2. The Labute approximate surface area is 148 Å². The number of methoxy groups -OCH3 is 1. The van der Waals surface area contributed by atoms with E-state index in [1.807, 2.05) is 4.90 Å². The van der Waals surface area contributed by atoms with Crippen LogP contribution in [-0.4, -0.2) is 39.7 Å². The highest BCUT2D eigenvalue weighted by molar-refractivity contribution is 5.98. The fourth-order valence-corrected chi connectivity index (χ4v) is 3.44. The zero-order valence-corrected chi connectivity index (χ0v) is 14.1. The molecule has 1 unspecified atom stereocenters. The molecule has 0 saturated carbocycles. The van der Waals surface area contributed by atoms with Crippen LogP contribution in [0.4, 0.5) is 10.2 Å². The van der Waals surface area contributed by atoms with Crippen LogP contribution in [0, 0.1) is 5.82 Å². The maximum Gasteiger partial charge on any atom is 0.250 e. The van der Waals surface area contributed by atoms with Crippen molar-refractivity contribution in [1.82, 2.24) is 20.2 Å². The summed E-state index contributed by atoms with van der Waals surface area (Å²) in [6, 6.07) is 2.97. The highest BCUT2D eigenvalue weighted by Crippen LogP contribution is 2.40. The van der Waals surface area contributed by atoms with Gasteiger partial charge < -0.3 is 15.4 Å². The number of hydrogen-bond acceptors (Lipinski definition) is 6. The first-order chi connectivity index (χ1) is 12.6. The highest BCUT2D eigenvalue weighted by atomic mass is 19.1. The Morgan fingerprint density at radius 1 is 1.38 bits per heavy atom. The maximum absolute atomic E-state index is 13.8. The van der Waals surface area contributed by atoms with Crippen LogP contribution in [0.2, 0.25) is 0 Å². The smallest absolute Gasteiger partial charge is 0.250 e. The Morgan fingerprint density at radius 3 is 3.00 bits per heavy atom. The van der Waals surface area contributed by atoms with Crippen molar-refractivity contribution in [2.45, 2.75) is 18.9 Å². The Hall–Kier alpha value is -3.23. The van der Waals surface area contributed by atoms with Crippen LogP contribution in [-0.2, 0) is 0 Å². The lowest BCUT2D eigenvalue weighted by atomic mass is 10.1. The van der Waals surface area contributed by atoms with E-state index in [1.54, 1.807) is 6.07 Å². The minimum atomic E-state index is -0.555. The van der Waals surface area contributed by atoms with Gasteiger partial charge in [0.05, 0.1) is 30.3 Å². The van der Waals surface area contributed by atoms with Gasteiger partial charge in [-0.3, -0.25) is 9.89 Å². The van der Waals surface area contributed by atoms with Gasteiger partial charge in [0.15, 0.2) is 11.5 Å². The van der Waals surface area contributed by atoms with Crippen molar-refractivity contribution < 1.29 is 13.9 Å². The third-order valence-corrected chi connectivity index (χ3v) is 4.60. The molecule has 1 aliphatic rings. The lowest BCUT2D eigenvalue weighted by molar-refractivity contribution is 0.1000. The van der Waals surface area contributed by atoms with E-state index in [0.29, 0.717) is 33.9 Å². The van der Waals surface area contributed by atoms with Crippen molar-refractivity contribution in [2.75, 3.05) is 18.6 Å². The molecule has 1 amide bonds. The molecule has 0 radical (unpaired) electrons. The Bertz CT molecular complexity index is 989. The summed E-state index contributed by atoms with van der Waals surface area (Å²) in [7, 11) is 1.51. The van der Waals surface area contributed by atoms with Gasteiger partial charge in [-0.15, -0.1) is 0 Å². The molecule has 0 aromatic carbocycles. The molecule has 4 rings (SSSR count). The molecule has 3 N–H and O–H groups in total. The second kappa shape index (κ2) is 6.25. The number of aromatic nitrogens is 4. The largest absolute Gasteiger partial charge is 0.481 e. The molecule has 8 nitrogen and oxygen atoms in total. The molecule has 3 aromatic rings. The zero-order chi connectivity index (χ0) is 18.3. The number of fused-ring (bicyclic) bond motifs is 1. The van der Waals surface area contributed by atoms with E-state index in [4.69, 9.17) is 10.5 Å². The quantitative estimate of drug-likeness (QED) is 0.739. The minimum absolute atomic E-state index is 0.142. The van der Waals surface area contributed by atoms with Crippen molar-refractivity contribution in [3.63, 3.8) is 0 Å². The van der Waals surface area contributed by atoms with Gasteiger partial charge in [-0.2, -0.15) is 5.10 Å². The summed E-state index contributed by atoms with van der Waals surface area (Å²) >= 11 is 0. The number of amides is 1. The summed E-state index contributed by atoms with van der Waals surface area (Å²) in [5.74, 6) is 0.0567. The lowest BCUT2D eigenvalue weighted by Crippen LogP contribution is -2.24. The minimum Gasteiger partial charge on any atom is -0.481 e. The van der Waals surface area contributed by atoms with Crippen LogP contribution in [0.25, 0.3) is 11.0 Å². The van der Waals surface area contributed by atoms with Gasteiger partial charge >= 0.3 is 0 Å². The number of nitrogens with two attached hydrogens (primary N) is 1. The molecule has 3 aromatic heterocycles. The second-order valence-corrected chi connectivity index (χ2v) is 6.14. The van der Waals surface area contributed by atoms with Crippen molar-refractivity contribution in [1.29, 1.82) is 0 Å². The number of ether oxygens (including phenoxy) is 1. The van der Waals surface area contributed by atoms with E-state index in [9.17, 15) is 9.18 Å². The van der Waals surface area contributed by atoms with Gasteiger partial charge in [0, 0.05) is 18.3 Å². The van der Waals surface area contributed by atoms with E-state index >= 15 is 0 Å². The molecule has 1 saturated heterocycles. The number of nitrogens with zero attached hydrogens (tertiary/aromatic N) is 4. The number of carbonyl (C=O) groups is 1. The number of H-pyrrole nitrogens is 1. The molecule has 1 fully saturated rings. The van der Waals surface area contributed by atoms with Gasteiger partial charge in [0.2, 0.25) is 11.8 Å². The van der Waals surface area contributed by atoms with Crippen LogP contribution >= 0.6 is 0 Å². The van der Waals surface area contributed by atoms with Crippen molar-refractivity contribution in [2.24, 2.45) is 5.73 Å². The molecule has 4 heterocycles. The number of aromatic amines is 1. The van der Waals surface area contributed by atoms with Crippen LogP contribution in [0.5, 0.6) is 5.88 Å². The van der Waals surface area contributed by atoms with E-state index < -0.39 is 11.7 Å². The number of rotatable bonds is 4. The third-order valence-electron chi connectivity index (χ3n) is 4.60. The van der Waals surface area contributed by atoms with Crippen LogP contribution < -0.4 is 15.4 Å². The molecule has 134 valence electrons. The Kier molecular flexibility index (Phi) is 3.90. The first-order valence-electron chi connectivity index (χ1n) is 8.18. The van der Waals surface area contributed by atoms with E-state index in [0.717, 1.165) is 25.6 Å². The zero-order valence-electron chi connectivity index (χ0n) is 14.1. The summed E-state index contributed by atoms with van der Waals surface area (Å²) in [6.07, 6.45) is 4.25. The van der Waals surface area contributed by atoms with Crippen molar-refractivity contribution >= 4 is 22.8 Å². The number of hydrogen-bond donors (Lipinski definition) is 2. The van der Waals surface area contributed by atoms with E-state index in [1.165, 1.54) is 19.4 Å². The maximum atomic E-state index is 13.8. The van der Waals surface area contributed by atoms with Crippen LogP contribution in [0.15, 0.2) is 24.5 Å². The molecule has 1 aliphatic heterocycles. The van der Waals surface area contributed by atoms with Gasteiger partial charge in [-0.25, -0.2) is 14.4 Å². The summed E-state index contributed by atoms with van der Waals surface area (Å²) in [6.45, 7) is 0.727. The molecule has 0 spiro atoms. The van der Waals surface area contributed by atoms with E-state index in [-0.39, 0.29) is 6.04 Å². The van der Waals surface area contributed by atoms with Gasteiger partial charge in [-0.05, 0) is 25.0 Å². The molecule has 0 aliphatic carbocycles. The topological polar surface area (TPSA) is 110 Å². The molecule has 9 heteroatoms. The number of halogens is 1. The summed E-state index contributed by atoms with van der Waals surface area (Å²) in [5, 5.41) is 7.92. The average Bonchev–Trinajstić information content (AvgIpc) is 3.27. The number of anilines is 1. The van der Waals surface area contributed by atoms with Gasteiger partial charge in [0.25, 0.3) is 0 Å². The van der Waals surface area contributed by atoms with Crippen LogP contribution in [0.1, 0.15) is 34.8 Å². The van der Waals surface area contributed by atoms with Crippen molar-refractivity contribution in [3.8, 4) is 5.88 Å². The second-order valence-electron chi connectivity index (χ2n) is 6.14. The first kappa shape index (κ1) is 16.2. The molecule has 0 bridgehead atoms. The van der Waals surface area contributed by atoms with Gasteiger partial charge in [0.1, 0.15) is 5.82 Å². The van der Waals surface area contributed by atoms with Crippen LogP contribution in [0.3, 0.4) is 0 Å². The van der Waals surface area contributed by atoms with E-state index in [2.05, 4.69) is 20.2 Å². The average molecular weight is 356 g/mol. The van der Waals surface area contributed by atoms with Gasteiger partial charge in [-0.1, -0.05) is 0 Å². The molecule has 26 heavy (non-hydrogen) atoms. The van der Waals surface area contributed by atoms with Crippen molar-refractivity contribution in [3.05, 3.63) is 41.5 Å². The molecule has 1 atom stereocenters. The summed E-state index contributed by atoms with van der Waals surface area (Å²) < 4.78 is 19.1.